The van der Waals surface area contributed by atoms with Gasteiger partial charge in [0, 0.05) is 5.02 Å². The van der Waals surface area contributed by atoms with Crippen molar-refractivity contribution in [2.24, 2.45) is 5.41 Å². The first-order valence-electron chi connectivity index (χ1n) is 6.08. The summed E-state index contributed by atoms with van der Waals surface area (Å²) in [6, 6.07) is 3.56. The summed E-state index contributed by atoms with van der Waals surface area (Å²) in [5.41, 5.74) is -0.295. The van der Waals surface area contributed by atoms with Crippen molar-refractivity contribution in [2.45, 2.75) is 25.0 Å². The Bertz CT molecular complexity index is 638. The van der Waals surface area contributed by atoms with Crippen LogP contribution in [-0.2, 0) is 20.4 Å². The summed E-state index contributed by atoms with van der Waals surface area (Å²) < 4.78 is 37.2. The molecule has 0 heterocycles. The van der Waals surface area contributed by atoms with Gasteiger partial charge in [-0.2, -0.15) is 0 Å². The van der Waals surface area contributed by atoms with Crippen LogP contribution in [0.5, 0.6) is 0 Å². The van der Waals surface area contributed by atoms with E-state index >= 15 is 0 Å². The van der Waals surface area contributed by atoms with Gasteiger partial charge in [-0.05, 0) is 36.0 Å². The highest BCUT2D eigenvalue weighted by atomic mass is 35.5. The largest absolute Gasteiger partial charge is 0.481 e. The Morgan fingerprint density at radius 2 is 2.05 bits per heavy atom. The number of hydrogen-bond donors (Lipinski definition) is 1. The SMILES string of the molecule is O=C(O)CC1(CS(=O)(=O)Cc2ccc(F)cc2Cl)CC1. The van der Waals surface area contributed by atoms with Crippen LogP contribution in [0, 0.1) is 11.2 Å². The Labute approximate surface area is 121 Å². The Hall–Kier alpha value is -1.14. The maximum Gasteiger partial charge on any atom is 0.303 e. The minimum atomic E-state index is -3.48. The third-order valence-electron chi connectivity index (χ3n) is 3.40. The van der Waals surface area contributed by atoms with Gasteiger partial charge in [-0.15, -0.1) is 0 Å². The molecule has 20 heavy (non-hydrogen) atoms. The third-order valence-corrected chi connectivity index (χ3v) is 5.55. The first-order chi connectivity index (χ1) is 9.21. The molecule has 1 aliphatic carbocycles. The second-order valence-electron chi connectivity index (χ2n) is 5.34. The predicted molar refractivity (Wildman–Crippen MR) is 72.8 cm³/mol. The summed E-state index contributed by atoms with van der Waals surface area (Å²) in [5, 5.41) is 8.86. The lowest BCUT2D eigenvalue weighted by atomic mass is 10.1. The van der Waals surface area contributed by atoms with E-state index in [1.54, 1.807) is 0 Å². The van der Waals surface area contributed by atoms with E-state index in [0.717, 1.165) is 12.1 Å². The van der Waals surface area contributed by atoms with E-state index in [1.165, 1.54) is 6.07 Å². The molecule has 0 atom stereocenters. The summed E-state index contributed by atoms with van der Waals surface area (Å²) in [6.07, 6.45) is 1.08. The van der Waals surface area contributed by atoms with E-state index < -0.39 is 27.0 Å². The van der Waals surface area contributed by atoms with Gasteiger partial charge in [0.05, 0.1) is 17.9 Å². The fourth-order valence-electron chi connectivity index (χ4n) is 2.26. The summed E-state index contributed by atoms with van der Waals surface area (Å²) in [4.78, 5) is 10.7. The molecule has 1 aromatic rings. The van der Waals surface area contributed by atoms with Crippen molar-refractivity contribution >= 4 is 27.4 Å². The van der Waals surface area contributed by atoms with E-state index in [1.807, 2.05) is 0 Å². The van der Waals surface area contributed by atoms with Crippen molar-refractivity contribution in [3.05, 3.63) is 34.6 Å². The number of rotatable bonds is 6. The van der Waals surface area contributed by atoms with Gasteiger partial charge in [0.25, 0.3) is 0 Å². The smallest absolute Gasteiger partial charge is 0.303 e. The molecule has 0 aliphatic heterocycles. The van der Waals surface area contributed by atoms with Crippen molar-refractivity contribution in [3.8, 4) is 0 Å². The zero-order valence-electron chi connectivity index (χ0n) is 10.6. The number of carbonyl (C=O) groups is 1. The number of hydrogen-bond acceptors (Lipinski definition) is 3. The first kappa shape index (κ1) is 15.3. The van der Waals surface area contributed by atoms with Gasteiger partial charge in [-0.1, -0.05) is 17.7 Å². The normalized spacial score (nSPS) is 16.9. The lowest BCUT2D eigenvalue weighted by Gasteiger charge is -2.13. The molecule has 2 rings (SSSR count). The van der Waals surface area contributed by atoms with E-state index in [4.69, 9.17) is 16.7 Å². The van der Waals surface area contributed by atoms with Gasteiger partial charge in [-0.3, -0.25) is 4.79 Å². The van der Waals surface area contributed by atoms with Crippen molar-refractivity contribution < 1.29 is 22.7 Å². The molecular formula is C13H14ClFO4S. The molecule has 1 aliphatic rings. The zero-order valence-corrected chi connectivity index (χ0v) is 12.2. The molecule has 0 unspecified atom stereocenters. The van der Waals surface area contributed by atoms with Crippen LogP contribution in [-0.4, -0.2) is 25.2 Å². The van der Waals surface area contributed by atoms with Crippen molar-refractivity contribution in [1.29, 1.82) is 0 Å². The van der Waals surface area contributed by atoms with Crippen LogP contribution >= 0.6 is 11.6 Å². The molecule has 0 aromatic heterocycles. The molecule has 0 bridgehead atoms. The van der Waals surface area contributed by atoms with Gasteiger partial charge < -0.3 is 5.11 Å². The Morgan fingerprint density at radius 1 is 1.40 bits per heavy atom. The van der Waals surface area contributed by atoms with Crippen LogP contribution in [0.4, 0.5) is 4.39 Å². The molecule has 110 valence electrons. The molecule has 0 saturated heterocycles. The minimum absolute atomic E-state index is 0.0663. The molecule has 1 fully saturated rings. The summed E-state index contributed by atoms with van der Waals surface area (Å²) in [6.45, 7) is 0. The van der Waals surface area contributed by atoms with Gasteiger partial charge in [0.15, 0.2) is 9.84 Å². The highest BCUT2D eigenvalue weighted by molar-refractivity contribution is 7.90. The fourth-order valence-corrected chi connectivity index (χ4v) is 4.73. The third kappa shape index (κ3) is 3.93. The molecule has 0 spiro atoms. The number of carboxylic acids is 1. The lowest BCUT2D eigenvalue weighted by Crippen LogP contribution is -2.21. The van der Waals surface area contributed by atoms with Crippen molar-refractivity contribution in [1.82, 2.24) is 0 Å². The van der Waals surface area contributed by atoms with Gasteiger partial charge >= 0.3 is 5.97 Å². The van der Waals surface area contributed by atoms with Gasteiger partial charge in [-0.25, -0.2) is 12.8 Å². The molecule has 1 saturated carbocycles. The standard InChI is InChI=1S/C13H14ClFO4S/c14-11-5-10(15)2-1-9(11)7-20(18,19)8-13(3-4-13)6-12(16)17/h1-2,5H,3-4,6-8H2,(H,16,17). The topological polar surface area (TPSA) is 71.4 Å². The summed E-state index contributed by atoms with van der Waals surface area (Å²) in [7, 11) is -3.48. The monoisotopic (exact) mass is 320 g/mol. The van der Waals surface area contributed by atoms with Crippen LogP contribution in [0.2, 0.25) is 5.02 Å². The Balaban J connectivity index is 2.10. The maximum atomic E-state index is 12.9. The number of carboxylic acid groups (broad SMARTS) is 1. The number of halogens is 2. The molecule has 1 N–H and O–H groups in total. The van der Waals surface area contributed by atoms with E-state index in [2.05, 4.69) is 0 Å². The first-order valence-corrected chi connectivity index (χ1v) is 8.28. The zero-order chi connectivity index (χ0) is 15.0. The van der Waals surface area contributed by atoms with Gasteiger partial charge in [0.1, 0.15) is 5.82 Å². The highest BCUT2D eigenvalue weighted by Crippen LogP contribution is 2.50. The van der Waals surface area contributed by atoms with E-state index in [-0.39, 0.29) is 22.9 Å². The number of sulfone groups is 1. The summed E-state index contributed by atoms with van der Waals surface area (Å²) >= 11 is 5.81. The van der Waals surface area contributed by atoms with Crippen molar-refractivity contribution in [2.75, 3.05) is 5.75 Å². The van der Waals surface area contributed by atoms with Crippen LogP contribution in [0.1, 0.15) is 24.8 Å². The second-order valence-corrected chi connectivity index (χ2v) is 7.81. The molecule has 0 radical (unpaired) electrons. The maximum absolute atomic E-state index is 12.9. The van der Waals surface area contributed by atoms with Crippen molar-refractivity contribution in [3.63, 3.8) is 0 Å². The number of aliphatic carboxylic acids is 1. The predicted octanol–water partition coefficient (Wildman–Crippen LogP) is 2.65. The second kappa shape index (κ2) is 5.33. The average Bonchev–Trinajstić information content (AvgIpc) is 2.99. The van der Waals surface area contributed by atoms with Crippen LogP contribution in [0.25, 0.3) is 0 Å². The minimum Gasteiger partial charge on any atom is -0.481 e. The average molecular weight is 321 g/mol. The van der Waals surface area contributed by atoms with E-state index in [0.29, 0.717) is 18.4 Å². The molecular weight excluding hydrogens is 307 g/mol. The molecule has 0 amide bonds. The quantitative estimate of drug-likeness (QED) is 0.874. The van der Waals surface area contributed by atoms with Crippen LogP contribution in [0.3, 0.4) is 0 Å². The van der Waals surface area contributed by atoms with Crippen LogP contribution in [0.15, 0.2) is 18.2 Å². The lowest BCUT2D eigenvalue weighted by molar-refractivity contribution is -0.138. The number of benzene rings is 1. The Kier molecular flexibility index (Phi) is 4.07. The highest BCUT2D eigenvalue weighted by Gasteiger charge is 2.47. The molecule has 7 heteroatoms. The van der Waals surface area contributed by atoms with Gasteiger partial charge in [0.2, 0.25) is 0 Å². The van der Waals surface area contributed by atoms with Crippen LogP contribution < -0.4 is 0 Å². The Morgan fingerprint density at radius 3 is 2.55 bits per heavy atom. The summed E-state index contributed by atoms with van der Waals surface area (Å²) in [5.74, 6) is -1.98. The molecule has 1 aromatic carbocycles. The molecule has 4 nitrogen and oxygen atoms in total. The fraction of sp³-hybridized carbons (Fsp3) is 0.462. The van der Waals surface area contributed by atoms with E-state index in [9.17, 15) is 17.6 Å².